The molecule has 1 aliphatic rings. The van der Waals surface area contributed by atoms with Crippen LogP contribution in [0.15, 0.2) is 24.3 Å². The molecule has 1 aromatic carbocycles. The molecular formula is C16H23Cl2N3O4S. The van der Waals surface area contributed by atoms with Gasteiger partial charge in [-0.05, 0) is 44.1 Å². The van der Waals surface area contributed by atoms with Gasteiger partial charge in [0.2, 0.25) is 11.8 Å². The molecule has 146 valence electrons. The Balaban J connectivity index is 0.00000338. The molecule has 0 aromatic heterocycles. The maximum absolute atomic E-state index is 12.8. The van der Waals surface area contributed by atoms with E-state index >= 15 is 0 Å². The molecule has 0 radical (unpaired) electrons. The summed E-state index contributed by atoms with van der Waals surface area (Å²) in [4.78, 5) is 26.2. The first-order valence-corrected chi connectivity index (χ1v) is 10.1. The van der Waals surface area contributed by atoms with Crippen molar-refractivity contribution in [1.29, 1.82) is 0 Å². The topological polar surface area (TPSA) is 95.6 Å². The summed E-state index contributed by atoms with van der Waals surface area (Å²) in [6.45, 7) is 0.652. The minimum absolute atomic E-state index is 0. The molecule has 0 unspecified atom stereocenters. The van der Waals surface area contributed by atoms with Gasteiger partial charge in [0.25, 0.3) is 0 Å². The number of amides is 2. The largest absolute Gasteiger partial charge is 0.335 e. The summed E-state index contributed by atoms with van der Waals surface area (Å²) in [7, 11) is -2.17. The summed E-state index contributed by atoms with van der Waals surface area (Å²) >= 11 is 5.87. The van der Waals surface area contributed by atoms with E-state index in [1.165, 1.54) is 11.9 Å². The highest BCUT2D eigenvalue weighted by Gasteiger charge is 2.50. The summed E-state index contributed by atoms with van der Waals surface area (Å²) < 4.78 is 23.1. The minimum Gasteiger partial charge on any atom is -0.335 e. The van der Waals surface area contributed by atoms with Crippen molar-refractivity contribution in [2.45, 2.75) is 17.6 Å². The lowest BCUT2D eigenvalue weighted by Crippen LogP contribution is -2.58. The third kappa shape index (κ3) is 5.09. The van der Waals surface area contributed by atoms with Gasteiger partial charge in [-0.25, -0.2) is 8.42 Å². The SMILES string of the molecule is CN(CC(=O)Nc1cccc(Cl)c1)C(=O)C1(S(C)(=O)=O)CCNCC1.Cl. The van der Waals surface area contributed by atoms with Crippen molar-refractivity contribution in [3.05, 3.63) is 29.3 Å². The minimum atomic E-state index is -3.61. The van der Waals surface area contributed by atoms with Gasteiger partial charge in [-0.1, -0.05) is 17.7 Å². The van der Waals surface area contributed by atoms with Crippen LogP contribution in [0.4, 0.5) is 5.69 Å². The van der Waals surface area contributed by atoms with Gasteiger partial charge in [0.1, 0.15) is 0 Å². The van der Waals surface area contributed by atoms with Crippen LogP contribution >= 0.6 is 24.0 Å². The van der Waals surface area contributed by atoms with Crippen LogP contribution in [0.5, 0.6) is 0 Å². The summed E-state index contributed by atoms with van der Waals surface area (Å²) in [6.07, 6.45) is 1.48. The van der Waals surface area contributed by atoms with E-state index in [0.717, 1.165) is 6.26 Å². The average molecular weight is 424 g/mol. The van der Waals surface area contributed by atoms with Gasteiger partial charge in [-0.15, -0.1) is 12.4 Å². The summed E-state index contributed by atoms with van der Waals surface area (Å²) in [5, 5.41) is 6.18. The summed E-state index contributed by atoms with van der Waals surface area (Å²) in [6, 6.07) is 6.64. The second-order valence-electron chi connectivity index (χ2n) is 6.24. The fourth-order valence-electron chi connectivity index (χ4n) is 2.98. The van der Waals surface area contributed by atoms with Crippen LogP contribution < -0.4 is 10.6 Å². The van der Waals surface area contributed by atoms with Gasteiger partial charge < -0.3 is 15.5 Å². The fourth-order valence-corrected chi connectivity index (χ4v) is 4.58. The molecule has 1 aliphatic heterocycles. The van der Waals surface area contributed by atoms with Gasteiger partial charge in [-0.3, -0.25) is 9.59 Å². The third-order valence-corrected chi connectivity index (χ3v) is 6.58. The quantitative estimate of drug-likeness (QED) is 0.744. The Hall–Kier alpha value is -1.35. The molecule has 0 atom stereocenters. The highest BCUT2D eigenvalue weighted by molar-refractivity contribution is 7.92. The molecule has 26 heavy (non-hydrogen) atoms. The van der Waals surface area contributed by atoms with Crippen molar-refractivity contribution < 1.29 is 18.0 Å². The van der Waals surface area contributed by atoms with E-state index in [2.05, 4.69) is 10.6 Å². The number of anilines is 1. The second-order valence-corrected chi connectivity index (χ2v) is 9.00. The van der Waals surface area contributed by atoms with Crippen LogP contribution in [-0.4, -0.2) is 62.8 Å². The first-order valence-electron chi connectivity index (χ1n) is 7.87. The van der Waals surface area contributed by atoms with Crippen LogP contribution in [-0.2, 0) is 19.4 Å². The standard InChI is InChI=1S/C16H22ClN3O4S.ClH/c1-20(11-14(21)19-13-5-3-4-12(17)10-13)15(22)16(25(2,23)24)6-8-18-9-7-16;/h3-5,10,18H,6-9,11H2,1-2H3,(H,19,21);1H. The average Bonchev–Trinajstić information content (AvgIpc) is 2.53. The Labute approximate surface area is 164 Å². The van der Waals surface area contributed by atoms with Crippen molar-refractivity contribution in [3.8, 4) is 0 Å². The Bertz CT molecular complexity index is 765. The van der Waals surface area contributed by atoms with E-state index in [1.807, 2.05) is 0 Å². The van der Waals surface area contributed by atoms with Crippen molar-refractivity contribution >= 4 is 51.3 Å². The predicted molar refractivity (Wildman–Crippen MR) is 105 cm³/mol. The molecule has 0 spiro atoms. The molecule has 2 N–H and O–H groups in total. The summed E-state index contributed by atoms with van der Waals surface area (Å²) in [5.74, 6) is -0.964. The van der Waals surface area contributed by atoms with Crippen molar-refractivity contribution in [1.82, 2.24) is 10.2 Å². The second kappa shape index (κ2) is 9.03. The molecule has 1 fully saturated rings. The highest BCUT2D eigenvalue weighted by atomic mass is 35.5. The third-order valence-electron chi connectivity index (χ3n) is 4.35. The Kier molecular flexibility index (Phi) is 7.88. The number of rotatable bonds is 5. The number of halogens is 2. The normalized spacial score (nSPS) is 16.3. The van der Waals surface area contributed by atoms with Gasteiger partial charge in [0, 0.05) is 24.0 Å². The molecule has 1 saturated heterocycles. The number of carbonyl (C=O) groups excluding carboxylic acids is 2. The number of benzene rings is 1. The number of hydrogen-bond acceptors (Lipinski definition) is 5. The molecule has 0 saturated carbocycles. The predicted octanol–water partition coefficient (Wildman–Crippen LogP) is 1.33. The molecule has 2 amide bonds. The van der Waals surface area contributed by atoms with E-state index in [1.54, 1.807) is 24.3 Å². The summed E-state index contributed by atoms with van der Waals surface area (Å²) in [5.41, 5.74) is 0.512. The number of piperidine rings is 1. The van der Waals surface area contributed by atoms with E-state index < -0.39 is 26.4 Å². The maximum Gasteiger partial charge on any atom is 0.244 e. The number of nitrogens with one attached hydrogen (secondary N) is 2. The first kappa shape index (κ1) is 22.7. The molecule has 0 bridgehead atoms. The molecular weight excluding hydrogens is 401 g/mol. The maximum atomic E-state index is 12.8. The molecule has 2 rings (SSSR count). The van der Waals surface area contributed by atoms with E-state index in [-0.39, 0.29) is 31.8 Å². The Morgan fingerprint density at radius 3 is 2.46 bits per heavy atom. The number of sulfone groups is 1. The Morgan fingerprint density at radius 2 is 1.92 bits per heavy atom. The van der Waals surface area contributed by atoms with Crippen LogP contribution in [0.25, 0.3) is 0 Å². The first-order chi connectivity index (χ1) is 11.7. The van der Waals surface area contributed by atoms with Gasteiger partial charge in [0.15, 0.2) is 14.6 Å². The smallest absolute Gasteiger partial charge is 0.244 e. The molecule has 0 aliphatic carbocycles. The zero-order chi connectivity index (χ0) is 18.7. The van der Waals surface area contributed by atoms with Crippen molar-refractivity contribution in [3.63, 3.8) is 0 Å². The number of likely N-dealkylation sites (N-methyl/N-ethyl adjacent to an activating group) is 1. The van der Waals surface area contributed by atoms with Crippen molar-refractivity contribution in [2.75, 3.05) is 38.3 Å². The lowest BCUT2D eigenvalue weighted by Gasteiger charge is -2.37. The monoisotopic (exact) mass is 423 g/mol. The Morgan fingerprint density at radius 1 is 1.31 bits per heavy atom. The highest BCUT2D eigenvalue weighted by Crippen LogP contribution is 2.29. The van der Waals surface area contributed by atoms with Crippen LogP contribution in [0, 0.1) is 0 Å². The zero-order valence-electron chi connectivity index (χ0n) is 14.6. The lowest BCUT2D eigenvalue weighted by atomic mass is 9.95. The molecule has 10 heteroatoms. The molecule has 1 heterocycles. The fraction of sp³-hybridized carbons (Fsp3) is 0.500. The van der Waals surface area contributed by atoms with Crippen LogP contribution in [0.1, 0.15) is 12.8 Å². The van der Waals surface area contributed by atoms with E-state index in [4.69, 9.17) is 11.6 Å². The van der Waals surface area contributed by atoms with Crippen LogP contribution in [0.2, 0.25) is 5.02 Å². The lowest BCUT2D eigenvalue weighted by molar-refractivity contribution is -0.136. The zero-order valence-corrected chi connectivity index (χ0v) is 17.0. The van der Waals surface area contributed by atoms with E-state index in [0.29, 0.717) is 23.8 Å². The number of hydrogen-bond donors (Lipinski definition) is 2. The van der Waals surface area contributed by atoms with Crippen LogP contribution in [0.3, 0.4) is 0 Å². The van der Waals surface area contributed by atoms with Gasteiger partial charge in [0.05, 0.1) is 6.54 Å². The number of carbonyl (C=O) groups is 2. The molecule has 7 nitrogen and oxygen atoms in total. The van der Waals surface area contributed by atoms with Crippen molar-refractivity contribution in [2.24, 2.45) is 0 Å². The molecule has 1 aromatic rings. The van der Waals surface area contributed by atoms with Gasteiger partial charge in [-0.2, -0.15) is 0 Å². The van der Waals surface area contributed by atoms with E-state index in [9.17, 15) is 18.0 Å². The number of nitrogens with zero attached hydrogens (tertiary/aromatic N) is 1. The van der Waals surface area contributed by atoms with Gasteiger partial charge >= 0.3 is 0 Å².